The van der Waals surface area contributed by atoms with Crippen LogP contribution in [-0.2, 0) is 6.42 Å². The number of carbonyl (C=O) groups excluding carboxylic acids is 1. The Balaban J connectivity index is 1.73. The van der Waals surface area contributed by atoms with Crippen LogP contribution in [0.15, 0.2) is 54.7 Å². The molecule has 4 rings (SSSR count). The van der Waals surface area contributed by atoms with E-state index in [1.807, 2.05) is 13.8 Å². The van der Waals surface area contributed by atoms with Gasteiger partial charge in [-0.3, -0.25) is 14.8 Å². The molecule has 0 aliphatic carbocycles. The molecule has 0 amide bonds. The molecule has 0 spiro atoms. The Morgan fingerprint density at radius 2 is 1.64 bits per heavy atom. The number of aromatic nitrogens is 4. The average Bonchev–Trinajstić information content (AvgIpc) is 2.82. The van der Waals surface area contributed by atoms with Crippen molar-refractivity contribution in [3.63, 3.8) is 0 Å². The SMILES string of the molecule is Cc1cc(-c2nc(C(=O)CCc3ncccc3OC(F)F)c(N)nc2-c2ccc(F)cc2)cc(C)n1. The molecule has 1 aromatic carbocycles. The Labute approximate surface area is 205 Å². The van der Waals surface area contributed by atoms with E-state index in [-0.39, 0.29) is 35.8 Å². The van der Waals surface area contributed by atoms with Gasteiger partial charge in [-0.25, -0.2) is 14.4 Å². The molecule has 2 N–H and O–H groups in total. The summed E-state index contributed by atoms with van der Waals surface area (Å²) in [5.74, 6) is -1.05. The number of alkyl halides is 2. The number of Topliss-reactive ketones (excluding diaryl/α,β-unsaturated/α-hetero) is 1. The highest BCUT2D eigenvalue weighted by Gasteiger charge is 2.21. The van der Waals surface area contributed by atoms with Crippen LogP contribution in [0.2, 0.25) is 0 Å². The minimum absolute atomic E-state index is 0.0331. The smallest absolute Gasteiger partial charge is 0.387 e. The van der Waals surface area contributed by atoms with E-state index >= 15 is 0 Å². The summed E-state index contributed by atoms with van der Waals surface area (Å²) < 4.78 is 43.4. The van der Waals surface area contributed by atoms with Gasteiger partial charge in [0.1, 0.15) is 17.3 Å². The minimum Gasteiger partial charge on any atom is -0.433 e. The topological polar surface area (TPSA) is 104 Å². The monoisotopic (exact) mass is 493 g/mol. The predicted molar refractivity (Wildman–Crippen MR) is 128 cm³/mol. The second kappa shape index (κ2) is 10.5. The van der Waals surface area contributed by atoms with Crippen molar-refractivity contribution >= 4 is 11.6 Å². The molecule has 0 unspecified atom stereocenters. The number of rotatable bonds is 8. The van der Waals surface area contributed by atoms with Crippen LogP contribution in [0.5, 0.6) is 5.75 Å². The number of nitrogens with two attached hydrogens (primary N) is 1. The van der Waals surface area contributed by atoms with Gasteiger partial charge in [-0.15, -0.1) is 0 Å². The zero-order valence-corrected chi connectivity index (χ0v) is 19.5. The number of halogens is 3. The van der Waals surface area contributed by atoms with Crippen molar-refractivity contribution in [1.29, 1.82) is 0 Å². The van der Waals surface area contributed by atoms with E-state index in [0.717, 1.165) is 11.4 Å². The van der Waals surface area contributed by atoms with Crippen molar-refractivity contribution in [2.75, 3.05) is 5.73 Å². The van der Waals surface area contributed by atoms with Crippen LogP contribution in [0.25, 0.3) is 22.5 Å². The highest BCUT2D eigenvalue weighted by atomic mass is 19.3. The number of ether oxygens (including phenoxy) is 1. The maximum Gasteiger partial charge on any atom is 0.387 e. The fourth-order valence-corrected chi connectivity index (χ4v) is 3.80. The Hall–Kier alpha value is -4.34. The highest BCUT2D eigenvalue weighted by Crippen LogP contribution is 2.32. The summed E-state index contributed by atoms with van der Waals surface area (Å²) in [4.78, 5) is 30.6. The largest absolute Gasteiger partial charge is 0.433 e. The molecule has 0 atom stereocenters. The summed E-state index contributed by atoms with van der Waals surface area (Å²) in [5.41, 5.74) is 9.76. The average molecular weight is 493 g/mol. The van der Waals surface area contributed by atoms with E-state index in [4.69, 9.17) is 5.73 Å². The van der Waals surface area contributed by atoms with Crippen LogP contribution in [0.4, 0.5) is 19.0 Å². The van der Waals surface area contributed by atoms with E-state index < -0.39 is 18.2 Å². The molecular weight excluding hydrogens is 471 g/mol. The van der Waals surface area contributed by atoms with E-state index in [9.17, 15) is 18.0 Å². The normalized spacial score (nSPS) is 11.1. The molecule has 0 bridgehead atoms. The first-order valence-electron chi connectivity index (χ1n) is 11.0. The number of hydrogen-bond donors (Lipinski definition) is 1. The third kappa shape index (κ3) is 5.65. The molecule has 0 saturated heterocycles. The van der Waals surface area contributed by atoms with Crippen molar-refractivity contribution in [1.82, 2.24) is 19.9 Å². The van der Waals surface area contributed by atoms with Crippen molar-refractivity contribution in [2.24, 2.45) is 0 Å². The second-order valence-corrected chi connectivity index (χ2v) is 8.05. The molecular formula is C26H22F3N5O2. The third-order valence-corrected chi connectivity index (χ3v) is 5.31. The molecule has 3 heterocycles. The number of nitrogens with zero attached hydrogens (tertiary/aromatic N) is 4. The van der Waals surface area contributed by atoms with Gasteiger partial charge in [0.25, 0.3) is 0 Å². The number of benzene rings is 1. The first kappa shape index (κ1) is 24.8. The first-order valence-corrected chi connectivity index (χ1v) is 11.0. The van der Waals surface area contributed by atoms with Gasteiger partial charge >= 0.3 is 6.61 Å². The zero-order chi connectivity index (χ0) is 25.8. The Morgan fingerprint density at radius 3 is 2.31 bits per heavy atom. The maximum atomic E-state index is 13.5. The van der Waals surface area contributed by atoms with Gasteiger partial charge in [0, 0.05) is 41.6 Å². The molecule has 0 aliphatic heterocycles. The quantitative estimate of drug-likeness (QED) is 0.330. The molecule has 0 fully saturated rings. The molecule has 0 aliphatic rings. The Kier molecular flexibility index (Phi) is 7.23. The fraction of sp³-hybridized carbons (Fsp3) is 0.192. The van der Waals surface area contributed by atoms with E-state index in [1.165, 1.54) is 30.5 Å². The molecule has 4 aromatic rings. The van der Waals surface area contributed by atoms with Crippen LogP contribution >= 0.6 is 0 Å². The minimum atomic E-state index is -3.01. The van der Waals surface area contributed by atoms with Crippen LogP contribution in [-0.4, -0.2) is 32.3 Å². The van der Waals surface area contributed by atoms with E-state index in [2.05, 4.69) is 24.7 Å². The lowest BCUT2D eigenvalue weighted by molar-refractivity contribution is -0.0507. The van der Waals surface area contributed by atoms with E-state index in [1.54, 1.807) is 24.3 Å². The Morgan fingerprint density at radius 1 is 0.972 bits per heavy atom. The Bertz CT molecular complexity index is 1390. The zero-order valence-electron chi connectivity index (χ0n) is 19.5. The number of hydrogen-bond acceptors (Lipinski definition) is 7. The summed E-state index contributed by atoms with van der Waals surface area (Å²) in [6, 6.07) is 12.1. The van der Waals surface area contributed by atoms with Crippen LogP contribution < -0.4 is 10.5 Å². The number of carbonyl (C=O) groups is 1. The number of anilines is 1. The lowest BCUT2D eigenvalue weighted by Crippen LogP contribution is -2.13. The predicted octanol–water partition coefficient (Wildman–Crippen LogP) is 5.36. The summed E-state index contributed by atoms with van der Waals surface area (Å²) in [6.45, 7) is 0.645. The number of nitrogen functional groups attached to an aromatic ring is 1. The maximum absolute atomic E-state index is 13.5. The second-order valence-electron chi connectivity index (χ2n) is 8.05. The summed E-state index contributed by atoms with van der Waals surface area (Å²) in [5, 5.41) is 0. The van der Waals surface area contributed by atoms with Gasteiger partial charge < -0.3 is 10.5 Å². The van der Waals surface area contributed by atoms with Crippen LogP contribution in [0, 0.1) is 19.7 Å². The van der Waals surface area contributed by atoms with E-state index in [0.29, 0.717) is 22.5 Å². The molecule has 7 nitrogen and oxygen atoms in total. The van der Waals surface area contributed by atoms with Crippen molar-refractivity contribution in [3.8, 4) is 28.3 Å². The molecule has 0 radical (unpaired) electrons. The first-order chi connectivity index (χ1) is 17.2. The molecule has 3 aromatic heterocycles. The van der Waals surface area contributed by atoms with Gasteiger partial charge in [-0.2, -0.15) is 8.78 Å². The highest BCUT2D eigenvalue weighted by molar-refractivity contribution is 5.99. The number of ketones is 1. The van der Waals surface area contributed by atoms with Crippen molar-refractivity contribution in [3.05, 3.63) is 83.3 Å². The number of pyridine rings is 2. The fourth-order valence-electron chi connectivity index (χ4n) is 3.80. The molecule has 36 heavy (non-hydrogen) atoms. The lowest BCUT2D eigenvalue weighted by Gasteiger charge is -2.14. The van der Waals surface area contributed by atoms with Crippen LogP contribution in [0.1, 0.15) is 34.0 Å². The summed E-state index contributed by atoms with van der Waals surface area (Å²) >= 11 is 0. The third-order valence-electron chi connectivity index (χ3n) is 5.31. The van der Waals surface area contributed by atoms with Crippen LogP contribution in [0.3, 0.4) is 0 Å². The molecule has 0 saturated carbocycles. The van der Waals surface area contributed by atoms with Gasteiger partial charge in [0.05, 0.1) is 17.1 Å². The molecule has 184 valence electrons. The molecule has 10 heteroatoms. The lowest BCUT2D eigenvalue weighted by atomic mass is 10.0. The summed E-state index contributed by atoms with van der Waals surface area (Å²) in [7, 11) is 0. The van der Waals surface area contributed by atoms with Gasteiger partial charge in [0.15, 0.2) is 11.6 Å². The van der Waals surface area contributed by atoms with Crippen molar-refractivity contribution in [2.45, 2.75) is 33.3 Å². The van der Waals surface area contributed by atoms with Gasteiger partial charge in [0.2, 0.25) is 0 Å². The van der Waals surface area contributed by atoms with Gasteiger partial charge in [-0.1, -0.05) is 0 Å². The summed E-state index contributed by atoms with van der Waals surface area (Å²) in [6.07, 6.45) is 1.35. The van der Waals surface area contributed by atoms with Gasteiger partial charge in [-0.05, 0) is 62.4 Å². The van der Waals surface area contributed by atoms with Crippen molar-refractivity contribution < 1.29 is 22.7 Å². The standard InChI is InChI=1S/C26H22F3N5O2/c1-14-12-17(13-15(2)32-14)23-22(16-5-7-18(27)8-6-16)34-25(30)24(33-23)20(35)10-9-19-21(36-26(28)29)4-3-11-31-19/h3-8,11-13,26H,9-10H2,1-2H3,(H2,30,34). The number of aryl methyl sites for hydroxylation is 3.